The molecular formula is C23H37IN6O2. The summed E-state index contributed by atoms with van der Waals surface area (Å²) in [7, 11) is 0. The molecule has 0 spiro atoms. The van der Waals surface area contributed by atoms with Crippen molar-refractivity contribution in [1.82, 2.24) is 20.6 Å². The summed E-state index contributed by atoms with van der Waals surface area (Å²) < 4.78 is 11.7. The van der Waals surface area contributed by atoms with Crippen molar-refractivity contribution in [3.63, 3.8) is 0 Å². The van der Waals surface area contributed by atoms with Crippen molar-refractivity contribution in [2.24, 2.45) is 4.99 Å². The van der Waals surface area contributed by atoms with Gasteiger partial charge in [0.2, 0.25) is 5.89 Å². The first-order chi connectivity index (χ1) is 14.7. The van der Waals surface area contributed by atoms with E-state index >= 15 is 0 Å². The number of nitrogens with zero attached hydrogens (tertiary/aromatic N) is 4. The minimum Gasteiger partial charge on any atom is -0.443 e. The van der Waals surface area contributed by atoms with Gasteiger partial charge in [-0.05, 0) is 32.4 Å². The molecule has 1 aliphatic heterocycles. The van der Waals surface area contributed by atoms with Crippen LogP contribution in [0.5, 0.6) is 0 Å². The summed E-state index contributed by atoms with van der Waals surface area (Å²) in [5.41, 5.74) is 1.00. The maximum Gasteiger partial charge on any atom is 0.213 e. The van der Waals surface area contributed by atoms with E-state index in [9.17, 15) is 0 Å². The van der Waals surface area contributed by atoms with Gasteiger partial charge in [0.05, 0.1) is 31.5 Å². The molecule has 0 bridgehead atoms. The Labute approximate surface area is 208 Å². The number of nitrogens with one attached hydrogen (secondary N) is 2. The number of halogens is 1. The predicted molar refractivity (Wildman–Crippen MR) is 139 cm³/mol. The summed E-state index contributed by atoms with van der Waals surface area (Å²) in [5, 5.41) is 6.54. The van der Waals surface area contributed by atoms with E-state index in [4.69, 9.17) is 9.15 Å². The maximum absolute atomic E-state index is 5.85. The number of aliphatic imine (C=N–C) groups is 1. The van der Waals surface area contributed by atoms with Crippen LogP contribution in [0.1, 0.15) is 58.8 Å². The molecule has 3 rings (SSSR count). The van der Waals surface area contributed by atoms with Crippen molar-refractivity contribution in [3.05, 3.63) is 41.7 Å². The number of hydrogen-bond acceptors (Lipinski definition) is 6. The zero-order valence-corrected chi connectivity index (χ0v) is 22.3. The molecular weight excluding hydrogens is 519 g/mol. The number of guanidine groups is 1. The zero-order valence-electron chi connectivity index (χ0n) is 20.0. The second kappa shape index (κ2) is 11.8. The second-order valence-corrected chi connectivity index (χ2v) is 9.10. The minimum absolute atomic E-state index is 0. The van der Waals surface area contributed by atoms with Crippen molar-refractivity contribution in [2.45, 2.75) is 72.3 Å². The van der Waals surface area contributed by atoms with Crippen molar-refractivity contribution in [2.75, 3.05) is 24.5 Å². The summed E-state index contributed by atoms with van der Waals surface area (Å²) >= 11 is 0. The molecule has 1 aliphatic rings. The van der Waals surface area contributed by atoms with Gasteiger partial charge < -0.3 is 24.7 Å². The molecule has 32 heavy (non-hydrogen) atoms. The van der Waals surface area contributed by atoms with Gasteiger partial charge in [0.1, 0.15) is 11.6 Å². The van der Waals surface area contributed by atoms with Gasteiger partial charge in [-0.2, -0.15) is 0 Å². The van der Waals surface area contributed by atoms with Gasteiger partial charge in [-0.25, -0.2) is 15.0 Å². The quantitative estimate of drug-likeness (QED) is 0.318. The summed E-state index contributed by atoms with van der Waals surface area (Å²) in [6, 6.07) is 4.15. The van der Waals surface area contributed by atoms with Crippen LogP contribution < -0.4 is 15.5 Å². The Morgan fingerprint density at radius 3 is 2.41 bits per heavy atom. The number of aromatic nitrogens is 2. The molecule has 178 valence electrons. The van der Waals surface area contributed by atoms with Gasteiger partial charge >= 0.3 is 0 Å². The van der Waals surface area contributed by atoms with Crippen molar-refractivity contribution < 1.29 is 9.15 Å². The average Bonchev–Trinajstić information content (AvgIpc) is 3.19. The Morgan fingerprint density at radius 2 is 1.84 bits per heavy atom. The Morgan fingerprint density at radius 1 is 1.12 bits per heavy atom. The number of rotatable bonds is 6. The SMILES string of the molecule is CCNC(=NCc1ccc(N2CC(C)OC(C)C2)nc1)NCc1ncc(C(C)(C)C)o1.I. The predicted octanol–water partition coefficient (Wildman–Crippen LogP) is 3.85. The number of morpholine rings is 1. The minimum atomic E-state index is -0.0553. The van der Waals surface area contributed by atoms with Crippen LogP contribution in [0.2, 0.25) is 0 Å². The van der Waals surface area contributed by atoms with E-state index in [0.717, 1.165) is 42.7 Å². The second-order valence-electron chi connectivity index (χ2n) is 9.10. The van der Waals surface area contributed by atoms with Gasteiger partial charge in [0.15, 0.2) is 5.96 Å². The Balaban J connectivity index is 0.00000363. The highest BCUT2D eigenvalue weighted by Crippen LogP contribution is 2.22. The molecule has 0 aromatic carbocycles. The molecule has 2 N–H and O–H groups in total. The van der Waals surface area contributed by atoms with Crippen molar-refractivity contribution >= 4 is 35.8 Å². The van der Waals surface area contributed by atoms with Gasteiger partial charge in [-0.15, -0.1) is 24.0 Å². The van der Waals surface area contributed by atoms with Crippen LogP contribution >= 0.6 is 24.0 Å². The molecule has 2 aromatic rings. The fourth-order valence-corrected chi connectivity index (χ4v) is 3.47. The average molecular weight is 556 g/mol. The smallest absolute Gasteiger partial charge is 0.213 e. The van der Waals surface area contributed by atoms with Crippen LogP contribution in [0.3, 0.4) is 0 Å². The van der Waals surface area contributed by atoms with Gasteiger partial charge in [-0.3, -0.25) is 0 Å². The van der Waals surface area contributed by atoms with E-state index in [1.807, 2.05) is 13.1 Å². The van der Waals surface area contributed by atoms with E-state index in [0.29, 0.717) is 19.0 Å². The van der Waals surface area contributed by atoms with Gasteiger partial charge in [-0.1, -0.05) is 26.8 Å². The molecule has 8 nitrogen and oxygen atoms in total. The molecule has 2 atom stereocenters. The van der Waals surface area contributed by atoms with Crippen LogP contribution in [0.25, 0.3) is 0 Å². The lowest BCUT2D eigenvalue weighted by molar-refractivity contribution is -0.00545. The van der Waals surface area contributed by atoms with Crippen LogP contribution in [-0.4, -0.2) is 47.8 Å². The number of oxazole rings is 1. The summed E-state index contributed by atoms with van der Waals surface area (Å²) in [4.78, 5) is 16.0. The first kappa shape index (κ1) is 26.4. The molecule has 0 saturated carbocycles. The number of pyridine rings is 1. The van der Waals surface area contributed by atoms with Crippen molar-refractivity contribution in [1.29, 1.82) is 0 Å². The number of hydrogen-bond donors (Lipinski definition) is 2. The summed E-state index contributed by atoms with van der Waals surface area (Å²) in [6.07, 6.45) is 4.12. The van der Waals surface area contributed by atoms with Crippen LogP contribution in [0.4, 0.5) is 5.82 Å². The van der Waals surface area contributed by atoms with Gasteiger partial charge in [0, 0.05) is 31.2 Å². The van der Waals surface area contributed by atoms with Crippen LogP contribution in [0.15, 0.2) is 33.9 Å². The highest BCUT2D eigenvalue weighted by atomic mass is 127. The Bertz CT molecular complexity index is 852. The normalized spacial score (nSPS) is 19.4. The molecule has 0 radical (unpaired) electrons. The lowest BCUT2D eigenvalue weighted by atomic mass is 9.94. The first-order valence-electron chi connectivity index (χ1n) is 11.1. The number of anilines is 1. The monoisotopic (exact) mass is 556 g/mol. The Kier molecular flexibility index (Phi) is 9.75. The fraction of sp³-hybridized carbons (Fsp3) is 0.609. The molecule has 9 heteroatoms. The van der Waals surface area contributed by atoms with E-state index in [1.165, 1.54) is 0 Å². The highest BCUT2D eigenvalue weighted by molar-refractivity contribution is 14.0. The van der Waals surface area contributed by atoms with E-state index in [-0.39, 0.29) is 41.6 Å². The third-order valence-electron chi connectivity index (χ3n) is 5.02. The summed E-state index contributed by atoms with van der Waals surface area (Å²) in [6.45, 7) is 16.1. The molecule has 3 heterocycles. The van der Waals surface area contributed by atoms with E-state index in [1.54, 1.807) is 6.20 Å². The lowest BCUT2D eigenvalue weighted by Crippen LogP contribution is -2.45. The lowest BCUT2D eigenvalue weighted by Gasteiger charge is -2.36. The molecule has 0 amide bonds. The molecule has 2 unspecified atom stereocenters. The van der Waals surface area contributed by atoms with Crippen LogP contribution in [-0.2, 0) is 23.2 Å². The number of ether oxygens (including phenoxy) is 1. The first-order valence-corrected chi connectivity index (χ1v) is 11.1. The highest BCUT2D eigenvalue weighted by Gasteiger charge is 2.23. The van der Waals surface area contributed by atoms with Crippen LogP contribution in [0, 0.1) is 0 Å². The largest absolute Gasteiger partial charge is 0.443 e. The Hall–Kier alpha value is -1.88. The van der Waals surface area contributed by atoms with E-state index in [2.05, 4.69) is 77.2 Å². The topological polar surface area (TPSA) is 87.8 Å². The standard InChI is InChI=1S/C23H36N6O2.HI/c1-7-24-22(28-13-21-26-12-19(31-21)23(4,5)6)27-11-18-8-9-20(25-10-18)29-14-16(2)30-17(3)15-29;/h8-10,12,16-17H,7,11,13-15H2,1-6H3,(H2,24,27,28);1H. The van der Waals surface area contributed by atoms with Gasteiger partial charge in [0.25, 0.3) is 0 Å². The molecule has 2 aromatic heterocycles. The molecule has 0 aliphatic carbocycles. The zero-order chi connectivity index (χ0) is 22.4. The fourth-order valence-electron chi connectivity index (χ4n) is 3.47. The molecule has 1 fully saturated rings. The molecule has 1 saturated heterocycles. The summed E-state index contributed by atoms with van der Waals surface area (Å²) in [5.74, 6) is 3.23. The maximum atomic E-state index is 5.85. The van der Waals surface area contributed by atoms with E-state index < -0.39 is 0 Å². The van der Waals surface area contributed by atoms with Crippen molar-refractivity contribution in [3.8, 4) is 0 Å². The third-order valence-corrected chi connectivity index (χ3v) is 5.02. The third kappa shape index (κ3) is 7.61.